The number of pyridine rings is 1. The van der Waals surface area contributed by atoms with Gasteiger partial charge in [0, 0.05) is 31.9 Å². The number of aromatic nitrogens is 3. The third kappa shape index (κ3) is 3.76. The number of halogens is 1. The van der Waals surface area contributed by atoms with Crippen LogP contribution in [0.4, 0.5) is 0 Å². The van der Waals surface area contributed by atoms with Crippen molar-refractivity contribution in [2.45, 2.75) is 13.8 Å². The van der Waals surface area contributed by atoms with E-state index in [9.17, 15) is 9.59 Å². The van der Waals surface area contributed by atoms with Gasteiger partial charge in [0.1, 0.15) is 0 Å². The lowest BCUT2D eigenvalue weighted by Gasteiger charge is -2.34. The molecule has 4 aromatic rings. The minimum Gasteiger partial charge on any atom is -0.459 e. The number of rotatable bonds is 3. The predicted molar refractivity (Wildman–Crippen MR) is 124 cm³/mol. The lowest BCUT2D eigenvalue weighted by molar-refractivity contribution is 0.0519. The SMILES string of the molecule is Cc1cc(C(=O)N2CCN(C(=O)c3ccco3)CC2)c2c(C)nn(-c3ccccc3Cl)c2n1. The van der Waals surface area contributed by atoms with Crippen LogP contribution in [0.3, 0.4) is 0 Å². The molecular weight excluding hydrogens is 442 g/mol. The Balaban J connectivity index is 1.45. The van der Waals surface area contributed by atoms with E-state index >= 15 is 0 Å². The van der Waals surface area contributed by atoms with Crippen molar-refractivity contribution in [1.82, 2.24) is 24.6 Å². The molecule has 0 unspecified atom stereocenters. The van der Waals surface area contributed by atoms with Crippen LogP contribution in [0.1, 0.15) is 32.3 Å². The molecule has 2 amide bonds. The summed E-state index contributed by atoms with van der Waals surface area (Å²) in [7, 11) is 0. The molecule has 9 heteroatoms. The van der Waals surface area contributed by atoms with Gasteiger partial charge in [0.25, 0.3) is 11.8 Å². The van der Waals surface area contributed by atoms with Crippen LogP contribution < -0.4 is 0 Å². The third-order valence-corrected chi connectivity index (χ3v) is 6.16. The summed E-state index contributed by atoms with van der Waals surface area (Å²) in [4.78, 5) is 34.2. The van der Waals surface area contributed by atoms with E-state index in [1.54, 1.807) is 38.7 Å². The monoisotopic (exact) mass is 463 g/mol. The third-order valence-electron chi connectivity index (χ3n) is 5.84. The van der Waals surface area contributed by atoms with E-state index in [2.05, 4.69) is 10.1 Å². The summed E-state index contributed by atoms with van der Waals surface area (Å²) in [6.45, 7) is 5.48. The molecule has 0 atom stereocenters. The molecule has 0 aliphatic carbocycles. The van der Waals surface area contributed by atoms with Gasteiger partial charge >= 0.3 is 0 Å². The zero-order chi connectivity index (χ0) is 23.1. The molecule has 1 aliphatic heterocycles. The van der Waals surface area contributed by atoms with Gasteiger partial charge in [-0.15, -0.1) is 0 Å². The summed E-state index contributed by atoms with van der Waals surface area (Å²) in [5.41, 5.74) is 3.27. The molecule has 168 valence electrons. The quantitative estimate of drug-likeness (QED) is 0.460. The van der Waals surface area contributed by atoms with E-state index in [0.717, 1.165) is 0 Å². The number of benzene rings is 1. The lowest BCUT2D eigenvalue weighted by Crippen LogP contribution is -2.50. The number of para-hydroxylation sites is 1. The molecule has 5 rings (SSSR count). The number of piperazine rings is 1. The summed E-state index contributed by atoms with van der Waals surface area (Å²) in [6.07, 6.45) is 1.48. The fourth-order valence-electron chi connectivity index (χ4n) is 4.21. The average Bonchev–Trinajstić information content (AvgIpc) is 3.47. The van der Waals surface area contributed by atoms with E-state index in [4.69, 9.17) is 16.0 Å². The zero-order valence-electron chi connectivity index (χ0n) is 18.3. The van der Waals surface area contributed by atoms with Gasteiger partial charge in [-0.3, -0.25) is 9.59 Å². The molecule has 3 aromatic heterocycles. The standard InChI is InChI=1S/C24H22ClN5O3/c1-15-14-17(21-16(2)27-30(22(21)26-15)19-7-4-3-6-18(19)25)23(31)28-9-11-29(12-10-28)24(32)20-8-5-13-33-20/h3-8,13-14H,9-12H2,1-2H3. The highest BCUT2D eigenvalue weighted by molar-refractivity contribution is 6.32. The largest absolute Gasteiger partial charge is 0.459 e. The van der Waals surface area contributed by atoms with E-state index in [1.807, 2.05) is 32.0 Å². The van der Waals surface area contributed by atoms with Crippen molar-refractivity contribution in [1.29, 1.82) is 0 Å². The van der Waals surface area contributed by atoms with Crippen molar-refractivity contribution in [3.05, 3.63) is 76.5 Å². The maximum atomic E-state index is 13.5. The Labute approximate surface area is 195 Å². The summed E-state index contributed by atoms with van der Waals surface area (Å²) in [6, 6.07) is 12.5. The van der Waals surface area contributed by atoms with Crippen LogP contribution in [0, 0.1) is 13.8 Å². The van der Waals surface area contributed by atoms with E-state index < -0.39 is 0 Å². The van der Waals surface area contributed by atoms with Crippen LogP contribution in [0.15, 0.2) is 53.1 Å². The molecule has 0 spiro atoms. The van der Waals surface area contributed by atoms with Crippen LogP contribution in [-0.2, 0) is 0 Å². The maximum Gasteiger partial charge on any atom is 0.289 e. The Kier molecular flexibility index (Phi) is 5.38. The number of carbonyl (C=O) groups excluding carboxylic acids is 2. The van der Waals surface area contributed by atoms with Crippen molar-refractivity contribution in [2.75, 3.05) is 26.2 Å². The highest BCUT2D eigenvalue weighted by Crippen LogP contribution is 2.29. The van der Waals surface area contributed by atoms with Crippen LogP contribution in [-0.4, -0.2) is 62.6 Å². The van der Waals surface area contributed by atoms with Gasteiger partial charge in [-0.2, -0.15) is 5.10 Å². The fraction of sp³-hybridized carbons (Fsp3) is 0.250. The number of hydrogen-bond acceptors (Lipinski definition) is 5. The second-order valence-electron chi connectivity index (χ2n) is 8.02. The summed E-state index contributed by atoms with van der Waals surface area (Å²) < 4.78 is 6.91. The van der Waals surface area contributed by atoms with Gasteiger partial charge in [0.2, 0.25) is 0 Å². The van der Waals surface area contributed by atoms with Gasteiger partial charge < -0.3 is 14.2 Å². The number of fused-ring (bicyclic) bond motifs is 1. The van der Waals surface area contributed by atoms with Crippen molar-refractivity contribution in [3.63, 3.8) is 0 Å². The fourth-order valence-corrected chi connectivity index (χ4v) is 4.43. The average molecular weight is 464 g/mol. The Bertz CT molecular complexity index is 1350. The van der Waals surface area contributed by atoms with Gasteiger partial charge in [-0.1, -0.05) is 23.7 Å². The molecule has 8 nitrogen and oxygen atoms in total. The van der Waals surface area contributed by atoms with Crippen LogP contribution >= 0.6 is 11.6 Å². The molecule has 33 heavy (non-hydrogen) atoms. The van der Waals surface area contributed by atoms with Gasteiger partial charge in [0.15, 0.2) is 11.4 Å². The minimum absolute atomic E-state index is 0.0996. The first kappa shape index (κ1) is 21.2. The normalized spacial score (nSPS) is 14.2. The van der Waals surface area contributed by atoms with Crippen molar-refractivity contribution in [3.8, 4) is 5.69 Å². The number of hydrogen-bond donors (Lipinski definition) is 0. The molecule has 1 aromatic carbocycles. The highest BCUT2D eigenvalue weighted by Gasteiger charge is 2.29. The number of aryl methyl sites for hydroxylation is 2. The van der Waals surface area contributed by atoms with Gasteiger partial charge in [0.05, 0.1) is 33.6 Å². The summed E-state index contributed by atoms with van der Waals surface area (Å²) >= 11 is 6.41. The van der Waals surface area contributed by atoms with Crippen molar-refractivity contribution in [2.24, 2.45) is 0 Å². The van der Waals surface area contributed by atoms with Crippen LogP contribution in [0.5, 0.6) is 0 Å². The number of furan rings is 1. The molecule has 1 saturated heterocycles. The number of amides is 2. The van der Waals surface area contributed by atoms with Crippen LogP contribution in [0.25, 0.3) is 16.7 Å². The molecule has 0 bridgehead atoms. The van der Waals surface area contributed by atoms with Crippen LogP contribution in [0.2, 0.25) is 5.02 Å². The lowest BCUT2D eigenvalue weighted by atomic mass is 10.1. The maximum absolute atomic E-state index is 13.5. The number of carbonyl (C=O) groups is 2. The molecule has 0 radical (unpaired) electrons. The topological polar surface area (TPSA) is 84.5 Å². The number of nitrogens with zero attached hydrogens (tertiary/aromatic N) is 5. The Morgan fingerprint density at radius 2 is 1.67 bits per heavy atom. The predicted octanol–water partition coefficient (Wildman–Crippen LogP) is 3.88. The molecule has 1 aliphatic rings. The second kappa shape index (κ2) is 8.37. The molecule has 4 heterocycles. The highest BCUT2D eigenvalue weighted by atomic mass is 35.5. The van der Waals surface area contributed by atoms with Gasteiger partial charge in [-0.25, -0.2) is 9.67 Å². The molecule has 0 N–H and O–H groups in total. The first-order chi connectivity index (χ1) is 15.9. The van der Waals surface area contributed by atoms with Crippen molar-refractivity contribution >= 4 is 34.4 Å². The second-order valence-corrected chi connectivity index (χ2v) is 8.43. The first-order valence-electron chi connectivity index (χ1n) is 10.7. The van der Waals surface area contributed by atoms with Crippen molar-refractivity contribution < 1.29 is 14.0 Å². The first-order valence-corrected chi connectivity index (χ1v) is 11.1. The smallest absolute Gasteiger partial charge is 0.289 e. The zero-order valence-corrected chi connectivity index (χ0v) is 19.0. The Morgan fingerprint density at radius 3 is 2.33 bits per heavy atom. The summed E-state index contributed by atoms with van der Waals surface area (Å²) in [5, 5.41) is 5.91. The van der Waals surface area contributed by atoms with E-state index in [1.165, 1.54) is 6.26 Å². The molecule has 0 saturated carbocycles. The van der Waals surface area contributed by atoms with E-state index in [-0.39, 0.29) is 11.8 Å². The Hall–Kier alpha value is -3.65. The summed E-state index contributed by atoms with van der Waals surface area (Å²) in [5.74, 6) is 0.0485. The Morgan fingerprint density at radius 1 is 0.970 bits per heavy atom. The molecular formula is C24H22ClN5O3. The minimum atomic E-state index is -0.161. The van der Waals surface area contributed by atoms with E-state index in [0.29, 0.717) is 70.6 Å². The molecule has 1 fully saturated rings. The van der Waals surface area contributed by atoms with Gasteiger partial charge in [-0.05, 0) is 44.2 Å².